The van der Waals surface area contributed by atoms with Crippen molar-refractivity contribution in [1.29, 1.82) is 0 Å². The Morgan fingerprint density at radius 2 is 1.97 bits per heavy atom. The molecule has 2 N–H and O–H groups in total. The van der Waals surface area contributed by atoms with Crippen molar-refractivity contribution in [3.05, 3.63) is 58.9 Å². The Morgan fingerprint density at radius 3 is 2.57 bits per heavy atom. The first-order valence-corrected chi connectivity index (χ1v) is 10.4. The standard InChI is InChI=1S/C22H32ClN5O.HI/c1-5-28(6-2)20(18-8-7-9-19(14-18)29-4)16-27-22(24-3)25-13-12-17-10-11-21(23)26-15-17;/h7-11,14-15,20H,5-6,12-13,16H2,1-4H3,(H2,24,25,27);1H. The number of pyridine rings is 1. The number of aliphatic imine (C=N–C) groups is 1. The van der Waals surface area contributed by atoms with Crippen LogP contribution in [0.3, 0.4) is 0 Å². The molecule has 0 bridgehead atoms. The van der Waals surface area contributed by atoms with Gasteiger partial charge in [-0.2, -0.15) is 0 Å². The lowest BCUT2D eigenvalue weighted by atomic mass is 10.0. The second kappa shape index (κ2) is 14.4. The van der Waals surface area contributed by atoms with Crippen LogP contribution < -0.4 is 15.4 Å². The Morgan fingerprint density at radius 1 is 1.20 bits per heavy atom. The van der Waals surface area contributed by atoms with Gasteiger partial charge in [0.15, 0.2) is 5.96 Å². The van der Waals surface area contributed by atoms with Crippen molar-refractivity contribution < 1.29 is 4.74 Å². The van der Waals surface area contributed by atoms with E-state index in [1.165, 1.54) is 5.56 Å². The molecule has 0 saturated heterocycles. The number of nitrogens with one attached hydrogen (secondary N) is 2. The quantitative estimate of drug-likeness (QED) is 0.203. The molecule has 0 aliphatic rings. The molecule has 0 spiro atoms. The van der Waals surface area contributed by atoms with Crippen LogP contribution >= 0.6 is 35.6 Å². The van der Waals surface area contributed by atoms with Crippen LogP contribution in [0.5, 0.6) is 5.75 Å². The van der Waals surface area contributed by atoms with Crippen LogP contribution in [0.25, 0.3) is 0 Å². The minimum atomic E-state index is 0. The number of ether oxygens (including phenoxy) is 1. The topological polar surface area (TPSA) is 61.8 Å². The van der Waals surface area contributed by atoms with Crippen LogP contribution in [0.1, 0.15) is 31.0 Å². The highest BCUT2D eigenvalue weighted by atomic mass is 127. The molecule has 1 heterocycles. The van der Waals surface area contributed by atoms with Crippen LogP contribution in [-0.4, -0.2) is 56.2 Å². The van der Waals surface area contributed by atoms with E-state index < -0.39 is 0 Å². The Kier molecular flexibility index (Phi) is 12.7. The lowest BCUT2D eigenvalue weighted by Crippen LogP contribution is -2.43. The molecule has 0 aliphatic carbocycles. The molecule has 2 aromatic rings. The van der Waals surface area contributed by atoms with E-state index in [4.69, 9.17) is 16.3 Å². The van der Waals surface area contributed by atoms with Gasteiger partial charge >= 0.3 is 0 Å². The summed E-state index contributed by atoms with van der Waals surface area (Å²) in [5, 5.41) is 7.35. The van der Waals surface area contributed by atoms with E-state index in [1.807, 2.05) is 24.3 Å². The van der Waals surface area contributed by atoms with Crippen LogP contribution in [0.2, 0.25) is 5.15 Å². The molecule has 0 fully saturated rings. The van der Waals surface area contributed by atoms with Gasteiger partial charge in [0.1, 0.15) is 10.9 Å². The number of halogens is 2. The van der Waals surface area contributed by atoms with Crippen LogP contribution in [-0.2, 0) is 6.42 Å². The molecule has 6 nitrogen and oxygen atoms in total. The third kappa shape index (κ3) is 8.28. The average Bonchev–Trinajstić information content (AvgIpc) is 2.76. The number of methoxy groups -OCH3 is 1. The van der Waals surface area contributed by atoms with Crippen molar-refractivity contribution in [3.63, 3.8) is 0 Å². The minimum absolute atomic E-state index is 0. The summed E-state index contributed by atoms with van der Waals surface area (Å²) in [5.74, 6) is 1.66. The summed E-state index contributed by atoms with van der Waals surface area (Å²) in [6.45, 7) is 7.81. The number of hydrogen-bond donors (Lipinski definition) is 2. The lowest BCUT2D eigenvalue weighted by molar-refractivity contribution is 0.218. The summed E-state index contributed by atoms with van der Waals surface area (Å²) in [6.07, 6.45) is 2.65. The Balaban J connectivity index is 0.00000450. The molecule has 8 heteroatoms. The maximum Gasteiger partial charge on any atom is 0.191 e. The van der Waals surface area contributed by atoms with Crippen LogP contribution in [0.4, 0.5) is 0 Å². The van der Waals surface area contributed by atoms with Crippen molar-refractivity contribution in [3.8, 4) is 5.75 Å². The van der Waals surface area contributed by atoms with Gasteiger partial charge in [0.05, 0.1) is 13.2 Å². The van der Waals surface area contributed by atoms with Gasteiger partial charge in [-0.05, 0) is 48.8 Å². The van der Waals surface area contributed by atoms with Crippen molar-refractivity contribution in [1.82, 2.24) is 20.5 Å². The van der Waals surface area contributed by atoms with Gasteiger partial charge in [0, 0.05) is 26.3 Å². The largest absolute Gasteiger partial charge is 0.497 e. The van der Waals surface area contributed by atoms with Crippen LogP contribution in [0, 0.1) is 0 Å². The summed E-state index contributed by atoms with van der Waals surface area (Å²) in [7, 11) is 3.49. The van der Waals surface area contributed by atoms with Gasteiger partial charge in [-0.15, -0.1) is 24.0 Å². The van der Waals surface area contributed by atoms with E-state index >= 15 is 0 Å². The zero-order valence-corrected chi connectivity index (χ0v) is 21.3. The Hall–Kier alpha value is -1.58. The van der Waals surface area contributed by atoms with E-state index in [-0.39, 0.29) is 30.0 Å². The number of rotatable bonds is 10. The summed E-state index contributed by atoms with van der Waals surface area (Å²) < 4.78 is 5.41. The van der Waals surface area contributed by atoms with Gasteiger partial charge in [-0.1, -0.05) is 43.6 Å². The van der Waals surface area contributed by atoms with Gasteiger partial charge in [0.25, 0.3) is 0 Å². The van der Waals surface area contributed by atoms with E-state index in [2.05, 4.69) is 51.5 Å². The van der Waals surface area contributed by atoms with Crippen molar-refractivity contribution in [2.24, 2.45) is 4.99 Å². The smallest absolute Gasteiger partial charge is 0.191 e. The normalized spacial score (nSPS) is 12.3. The lowest BCUT2D eigenvalue weighted by Gasteiger charge is -2.31. The zero-order chi connectivity index (χ0) is 21.1. The Labute approximate surface area is 202 Å². The molecule has 1 unspecified atom stereocenters. The number of likely N-dealkylation sites (N-methyl/N-ethyl adjacent to an activating group) is 1. The average molecular weight is 546 g/mol. The van der Waals surface area contributed by atoms with E-state index in [0.29, 0.717) is 5.15 Å². The number of aromatic nitrogens is 1. The molecule has 1 aromatic heterocycles. The maximum atomic E-state index is 5.84. The fourth-order valence-corrected chi connectivity index (χ4v) is 3.38. The third-order valence-electron chi connectivity index (χ3n) is 4.91. The highest BCUT2D eigenvalue weighted by Crippen LogP contribution is 2.23. The molecule has 2 rings (SSSR count). The molecular weight excluding hydrogens is 513 g/mol. The van der Waals surface area contributed by atoms with E-state index in [0.717, 1.165) is 49.9 Å². The van der Waals surface area contributed by atoms with Crippen LogP contribution in [0.15, 0.2) is 47.6 Å². The van der Waals surface area contributed by atoms with Gasteiger partial charge in [-0.3, -0.25) is 9.89 Å². The molecule has 1 atom stereocenters. The molecule has 0 saturated carbocycles. The second-order valence-corrected chi connectivity index (χ2v) is 7.02. The van der Waals surface area contributed by atoms with Gasteiger partial charge < -0.3 is 15.4 Å². The number of nitrogens with zero attached hydrogens (tertiary/aromatic N) is 3. The first kappa shape index (κ1) is 26.5. The predicted molar refractivity (Wildman–Crippen MR) is 136 cm³/mol. The number of benzene rings is 1. The summed E-state index contributed by atoms with van der Waals surface area (Å²) in [5.41, 5.74) is 2.36. The van der Waals surface area contributed by atoms with E-state index in [1.54, 1.807) is 20.4 Å². The summed E-state index contributed by atoms with van der Waals surface area (Å²) in [6, 6.07) is 12.3. The molecule has 0 aliphatic heterocycles. The van der Waals surface area contributed by atoms with Gasteiger partial charge in [0.2, 0.25) is 0 Å². The minimum Gasteiger partial charge on any atom is -0.497 e. The predicted octanol–water partition coefficient (Wildman–Crippen LogP) is 4.15. The molecule has 1 aromatic carbocycles. The highest BCUT2D eigenvalue weighted by molar-refractivity contribution is 14.0. The Bertz CT molecular complexity index is 768. The maximum absolute atomic E-state index is 5.84. The molecular formula is C22H33ClIN5O. The van der Waals surface area contributed by atoms with E-state index in [9.17, 15) is 0 Å². The fraction of sp³-hybridized carbons (Fsp3) is 0.455. The monoisotopic (exact) mass is 545 g/mol. The fourth-order valence-electron chi connectivity index (χ4n) is 3.26. The number of guanidine groups is 1. The number of hydrogen-bond acceptors (Lipinski definition) is 4. The first-order chi connectivity index (χ1) is 14.1. The molecule has 0 amide bonds. The van der Waals surface area contributed by atoms with Gasteiger partial charge in [-0.25, -0.2) is 4.98 Å². The molecule has 166 valence electrons. The zero-order valence-electron chi connectivity index (χ0n) is 18.2. The second-order valence-electron chi connectivity index (χ2n) is 6.63. The van der Waals surface area contributed by atoms with Crippen molar-refractivity contribution in [2.75, 3.05) is 40.3 Å². The van der Waals surface area contributed by atoms with Crippen molar-refractivity contribution >= 4 is 41.5 Å². The summed E-state index contributed by atoms with van der Waals surface area (Å²) in [4.78, 5) is 10.9. The third-order valence-corrected chi connectivity index (χ3v) is 5.14. The SMILES string of the molecule is CCN(CC)C(CNC(=NC)NCCc1ccc(Cl)nc1)c1cccc(OC)c1.I. The molecule has 0 radical (unpaired) electrons. The van der Waals surface area contributed by atoms with Crippen molar-refractivity contribution in [2.45, 2.75) is 26.3 Å². The molecule has 30 heavy (non-hydrogen) atoms. The first-order valence-electron chi connectivity index (χ1n) is 10.0. The summed E-state index contributed by atoms with van der Waals surface area (Å²) >= 11 is 5.84. The highest BCUT2D eigenvalue weighted by Gasteiger charge is 2.19.